The summed E-state index contributed by atoms with van der Waals surface area (Å²) in [5.41, 5.74) is 0. The van der Waals surface area contributed by atoms with Crippen LogP contribution in [0.1, 0.15) is 12.8 Å². The van der Waals surface area contributed by atoms with Gasteiger partial charge in [-0.15, -0.1) is 0 Å². The molecule has 1 atom stereocenters. The quantitative estimate of drug-likeness (QED) is 0.263. The topological polar surface area (TPSA) is 68.2 Å². The van der Waals surface area contributed by atoms with Gasteiger partial charge in [-0.3, -0.25) is 0 Å². The van der Waals surface area contributed by atoms with Crippen molar-refractivity contribution in [2.45, 2.75) is 18.9 Å². The van der Waals surface area contributed by atoms with Crippen LogP contribution in [0.25, 0.3) is 0 Å². The minimum absolute atomic E-state index is 0.0359. The number of hydrogen-bond acceptors (Lipinski definition) is 5. The van der Waals surface area contributed by atoms with Gasteiger partial charge in [0.25, 0.3) is 0 Å². The molecule has 112 valence electrons. The molecule has 0 aliphatic rings. The van der Waals surface area contributed by atoms with Crippen LogP contribution in [0.3, 0.4) is 0 Å². The Morgan fingerprint density at radius 1 is 1.26 bits per heavy atom. The summed E-state index contributed by atoms with van der Waals surface area (Å²) in [7, 11) is 0. The van der Waals surface area contributed by atoms with Crippen molar-refractivity contribution in [3.8, 4) is 12.3 Å². The third kappa shape index (κ3) is 14.3. The van der Waals surface area contributed by atoms with E-state index in [0.29, 0.717) is 26.1 Å². The summed E-state index contributed by atoms with van der Waals surface area (Å²) in [4.78, 5) is 18.6. The molecule has 0 amide bonds. The number of ether oxygens (including phenoxy) is 2. The second kappa shape index (κ2) is 9.12. The summed E-state index contributed by atoms with van der Waals surface area (Å²) >= 11 is 10.6. The summed E-state index contributed by atoms with van der Waals surface area (Å²) in [6, 6.07) is 0. The first-order valence-corrected chi connectivity index (χ1v) is 9.46. The Balaban J connectivity index is 4.15. The van der Waals surface area contributed by atoms with E-state index in [1.165, 1.54) is 0 Å². The monoisotopic (exact) mass is 332 g/mol. The molecule has 19 heavy (non-hydrogen) atoms. The number of hydrogen-bond donors (Lipinski definition) is 2. The Morgan fingerprint density at radius 2 is 1.84 bits per heavy atom. The van der Waals surface area contributed by atoms with Crippen LogP contribution in [-0.4, -0.2) is 42.3 Å². The van der Waals surface area contributed by atoms with Gasteiger partial charge in [0, 0.05) is 0 Å². The Kier molecular flexibility index (Phi) is 9.17. The molecule has 1 unspecified atom stereocenters. The summed E-state index contributed by atoms with van der Waals surface area (Å²) in [5.74, 6) is -2.69. The molecule has 0 aromatic rings. The number of halogens is 2. The molecule has 0 aromatic carbocycles. The molecule has 0 radical (unpaired) electrons. The van der Waals surface area contributed by atoms with Gasteiger partial charge in [0.05, 0.1) is 0 Å². The van der Waals surface area contributed by atoms with Gasteiger partial charge in [0.1, 0.15) is 0 Å². The molecule has 0 fully saturated rings. The van der Waals surface area contributed by atoms with Crippen molar-refractivity contribution in [1.82, 2.24) is 0 Å². The molecule has 0 spiro atoms. The SMILES string of the molecule is C#CCCOCC(COCCC=C)OP(O)(O)(Cl)Cl. The first kappa shape index (κ1) is 19.1. The van der Waals surface area contributed by atoms with E-state index in [2.05, 4.69) is 12.5 Å². The van der Waals surface area contributed by atoms with E-state index in [1.54, 1.807) is 6.08 Å². The molecule has 0 bridgehead atoms. The summed E-state index contributed by atoms with van der Waals surface area (Å²) in [6.07, 6.45) is 7.06. The molecule has 5 nitrogen and oxygen atoms in total. The fourth-order valence-electron chi connectivity index (χ4n) is 1.08. The molecular weight excluding hydrogens is 314 g/mol. The molecule has 0 aliphatic carbocycles. The van der Waals surface area contributed by atoms with E-state index in [4.69, 9.17) is 42.9 Å². The van der Waals surface area contributed by atoms with Crippen molar-refractivity contribution >= 4 is 28.5 Å². The van der Waals surface area contributed by atoms with Gasteiger partial charge in [-0.2, -0.15) is 0 Å². The second-order valence-corrected chi connectivity index (χ2v) is 9.57. The van der Waals surface area contributed by atoms with E-state index >= 15 is 0 Å². The maximum absolute atomic E-state index is 9.29. The van der Waals surface area contributed by atoms with Crippen molar-refractivity contribution < 1.29 is 23.8 Å². The van der Waals surface area contributed by atoms with E-state index in [-0.39, 0.29) is 13.2 Å². The van der Waals surface area contributed by atoms with Crippen LogP contribution in [0.5, 0.6) is 0 Å². The molecule has 0 aromatic heterocycles. The first-order valence-electron chi connectivity index (χ1n) is 5.59. The van der Waals surface area contributed by atoms with Crippen LogP contribution in [0, 0.1) is 12.3 Å². The van der Waals surface area contributed by atoms with Crippen molar-refractivity contribution in [3.63, 3.8) is 0 Å². The average Bonchev–Trinajstić information content (AvgIpc) is 2.27. The molecule has 8 heteroatoms. The summed E-state index contributed by atoms with van der Waals surface area (Å²) in [5, 5.41) is 0. The minimum atomic E-state index is -5.10. The van der Waals surface area contributed by atoms with Gasteiger partial charge < -0.3 is 0 Å². The van der Waals surface area contributed by atoms with Crippen molar-refractivity contribution in [2.24, 2.45) is 0 Å². The number of terminal acetylenes is 1. The third-order valence-electron chi connectivity index (χ3n) is 1.79. The maximum atomic E-state index is 9.29. The van der Waals surface area contributed by atoms with E-state index in [0.717, 1.165) is 0 Å². The van der Waals surface area contributed by atoms with Gasteiger partial charge in [-0.1, -0.05) is 0 Å². The van der Waals surface area contributed by atoms with Gasteiger partial charge in [-0.05, 0) is 0 Å². The molecule has 0 heterocycles. The average molecular weight is 333 g/mol. The first-order chi connectivity index (χ1) is 8.74. The fraction of sp³-hybridized carbons (Fsp3) is 0.636. The molecule has 0 rings (SSSR count). The fourth-order valence-corrected chi connectivity index (χ4v) is 2.37. The normalized spacial score (nSPS) is 15.2. The van der Waals surface area contributed by atoms with Gasteiger partial charge in [-0.25, -0.2) is 0 Å². The zero-order valence-corrected chi connectivity index (χ0v) is 12.9. The summed E-state index contributed by atoms with van der Waals surface area (Å²) in [6.45, 7) is 4.38. The second-order valence-electron chi connectivity index (χ2n) is 3.67. The Hall–Kier alpha value is 0.110. The van der Waals surface area contributed by atoms with Crippen LogP contribution in [-0.2, 0) is 14.0 Å². The van der Waals surface area contributed by atoms with E-state index < -0.39 is 12.1 Å². The molecule has 0 saturated carbocycles. The van der Waals surface area contributed by atoms with Gasteiger partial charge >= 0.3 is 123 Å². The molecular formula is C11H19Cl2O5P. The van der Waals surface area contributed by atoms with Crippen molar-refractivity contribution in [3.05, 3.63) is 12.7 Å². The van der Waals surface area contributed by atoms with E-state index in [9.17, 15) is 9.79 Å². The van der Waals surface area contributed by atoms with Crippen LogP contribution in [0.4, 0.5) is 0 Å². The predicted molar refractivity (Wildman–Crippen MR) is 77.8 cm³/mol. The van der Waals surface area contributed by atoms with Crippen molar-refractivity contribution in [1.29, 1.82) is 0 Å². The summed E-state index contributed by atoms with van der Waals surface area (Å²) < 4.78 is 15.3. The zero-order chi connectivity index (χ0) is 14.8. The van der Waals surface area contributed by atoms with Crippen LogP contribution in [0.15, 0.2) is 12.7 Å². The Bertz CT molecular complexity index is 301. The molecule has 2 N–H and O–H groups in total. The van der Waals surface area contributed by atoms with Crippen LogP contribution < -0.4 is 0 Å². The third-order valence-corrected chi connectivity index (χ3v) is 2.91. The van der Waals surface area contributed by atoms with Gasteiger partial charge in [0.2, 0.25) is 0 Å². The number of rotatable bonds is 11. The molecule has 0 aliphatic heterocycles. The molecule has 0 saturated heterocycles. The Labute approximate surface area is 123 Å². The predicted octanol–water partition coefficient (Wildman–Crippen LogP) is 2.59. The van der Waals surface area contributed by atoms with E-state index in [1.807, 2.05) is 0 Å². The Morgan fingerprint density at radius 3 is 2.32 bits per heavy atom. The van der Waals surface area contributed by atoms with Crippen LogP contribution in [0.2, 0.25) is 0 Å². The van der Waals surface area contributed by atoms with Crippen molar-refractivity contribution in [2.75, 3.05) is 26.4 Å². The van der Waals surface area contributed by atoms with Gasteiger partial charge in [0.15, 0.2) is 0 Å². The zero-order valence-electron chi connectivity index (χ0n) is 10.5. The standard InChI is InChI=1S/C11H19Cl2O5P/c1-3-5-7-16-9-11(10-17-8-6-4-2)18-19(12,13,14)15/h1,4,11,14-15H,2,5-10H2. The van der Waals surface area contributed by atoms with Crippen LogP contribution >= 0.6 is 28.5 Å².